The minimum absolute atomic E-state index is 0.0875. The molecule has 1 fully saturated rings. The van der Waals surface area contributed by atoms with Gasteiger partial charge in [-0.2, -0.15) is 0 Å². The maximum absolute atomic E-state index is 12.1. The number of pyridine rings is 1. The van der Waals surface area contributed by atoms with Crippen molar-refractivity contribution in [2.24, 2.45) is 0 Å². The summed E-state index contributed by atoms with van der Waals surface area (Å²) < 4.78 is 5.66. The van der Waals surface area contributed by atoms with Gasteiger partial charge in [-0.15, -0.1) is 0 Å². The van der Waals surface area contributed by atoms with Gasteiger partial charge in [-0.05, 0) is 30.3 Å². The third kappa shape index (κ3) is 2.62. The largest absolute Gasteiger partial charge is 0.457 e. The number of likely N-dealkylation sites (tertiary alicyclic amines) is 1. The lowest BCUT2D eigenvalue weighted by Gasteiger charge is -2.35. The van der Waals surface area contributed by atoms with Crippen LogP contribution in [0.5, 0.6) is 11.5 Å². The van der Waals surface area contributed by atoms with Crippen molar-refractivity contribution in [2.45, 2.75) is 6.10 Å². The number of aromatic nitrogens is 1. The van der Waals surface area contributed by atoms with Gasteiger partial charge in [-0.1, -0.05) is 6.07 Å². The third-order valence-electron chi connectivity index (χ3n) is 3.12. The maximum Gasteiger partial charge on any atom is 0.254 e. The number of carbonyl (C=O) groups excluding carboxylic acids is 1. The van der Waals surface area contributed by atoms with E-state index in [0.29, 0.717) is 30.2 Å². The van der Waals surface area contributed by atoms with Crippen LogP contribution < -0.4 is 4.74 Å². The number of hydrogen-bond donors (Lipinski definition) is 1. The molecule has 1 aliphatic rings. The molecule has 1 N–H and O–H groups in total. The summed E-state index contributed by atoms with van der Waals surface area (Å²) in [5.74, 6) is 1.18. The van der Waals surface area contributed by atoms with E-state index in [1.54, 1.807) is 53.7 Å². The van der Waals surface area contributed by atoms with Gasteiger partial charge in [0.15, 0.2) is 0 Å². The third-order valence-corrected chi connectivity index (χ3v) is 3.12. The molecule has 5 nitrogen and oxygen atoms in total. The van der Waals surface area contributed by atoms with Gasteiger partial charge in [0.1, 0.15) is 11.5 Å². The zero-order valence-corrected chi connectivity index (χ0v) is 10.8. The Bertz CT molecular complexity index is 610. The first-order chi connectivity index (χ1) is 9.72. The summed E-state index contributed by atoms with van der Waals surface area (Å²) in [5.41, 5.74) is 0.559. The second-order valence-corrected chi connectivity index (χ2v) is 4.68. The summed E-state index contributed by atoms with van der Waals surface area (Å²) in [6.45, 7) is 0.794. The lowest BCUT2D eigenvalue weighted by atomic mass is 10.1. The molecule has 2 aromatic rings. The predicted molar refractivity (Wildman–Crippen MR) is 72.7 cm³/mol. The van der Waals surface area contributed by atoms with E-state index in [-0.39, 0.29) is 5.91 Å². The van der Waals surface area contributed by atoms with Crippen LogP contribution in [0.3, 0.4) is 0 Å². The van der Waals surface area contributed by atoms with E-state index in [1.807, 2.05) is 0 Å². The van der Waals surface area contributed by atoms with E-state index < -0.39 is 6.10 Å². The van der Waals surface area contributed by atoms with Crippen LogP contribution in [0.1, 0.15) is 10.4 Å². The Morgan fingerprint density at radius 1 is 1.20 bits per heavy atom. The molecule has 102 valence electrons. The number of hydrogen-bond acceptors (Lipinski definition) is 4. The number of amides is 1. The average molecular weight is 270 g/mol. The number of aliphatic hydroxyl groups excluding tert-OH is 1. The molecule has 0 aliphatic carbocycles. The zero-order chi connectivity index (χ0) is 13.9. The summed E-state index contributed by atoms with van der Waals surface area (Å²) in [4.78, 5) is 17.7. The van der Waals surface area contributed by atoms with E-state index in [9.17, 15) is 9.90 Å². The van der Waals surface area contributed by atoms with Crippen LogP contribution in [0.25, 0.3) is 0 Å². The SMILES string of the molecule is O=C(c1cccc(Oc2ccncc2)c1)N1CC(O)C1. The number of benzene rings is 1. The van der Waals surface area contributed by atoms with Crippen molar-refractivity contribution in [3.8, 4) is 11.5 Å². The second-order valence-electron chi connectivity index (χ2n) is 4.68. The summed E-state index contributed by atoms with van der Waals surface area (Å²) in [5, 5.41) is 9.24. The van der Waals surface area contributed by atoms with Gasteiger partial charge in [0.2, 0.25) is 0 Å². The van der Waals surface area contributed by atoms with E-state index in [0.717, 1.165) is 0 Å². The van der Waals surface area contributed by atoms with Crippen molar-refractivity contribution >= 4 is 5.91 Å². The Morgan fingerprint density at radius 2 is 1.95 bits per heavy atom. The quantitative estimate of drug-likeness (QED) is 0.922. The molecule has 0 saturated carbocycles. The number of nitrogens with zero attached hydrogens (tertiary/aromatic N) is 2. The molecule has 1 aliphatic heterocycles. The Labute approximate surface area is 116 Å². The van der Waals surface area contributed by atoms with Crippen LogP contribution in [0.15, 0.2) is 48.8 Å². The first kappa shape index (κ1) is 12.6. The van der Waals surface area contributed by atoms with Gasteiger partial charge in [-0.3, -0.25) is 9.78 Å². The van der Waals surface area contributed by atoms with E-state index in [1.165, 1.54) is 0 Å². The average Bonchev–Trinajstić information content (AvgIpc) is 2.45. The van der Waals surface area contributed by atoms with Crippen molar-refractivity contribution in [3.63, 3.8) is 0 Å². The molecule has 1 aromatic heterocycles. The van der Waals surface area contributed by atoms with E-state index in [4.69, 9.17) is 4.74 Å². The Kier molecular flexibility index (Phi) is 3.35. The molecule has 0 atom stereocenters. The van der Waals surface area contributed by atoms with Gasteiger partial charge in [0.25, 0.3) is 5.91 Å². The molecule has 0 unspecified atom stereocenters. The summed E-state index contributed by atoms with van der Waals surface area (Å²) in [7, 11) is 0. The summed E-state index contributed by atoms with van der Waals surface area (Å²) in [6.07, 6.45) is 2.90. The van der Waals surface area contributed by atoms with Crippen LogP contribution in [0.2, 0.25) is 0 Å². The normalized spacial score (nSPS) is 14.8. The van der Waals surface area contributed by atoms with Crippen molar-refractivity contribution in [1.29, 1.82) is 0 Å². The number of rotatable bonds is 3. The topological polar surface area (TPSA) is 62.7 Å². The van der Waals surface area contributed by atoms with Crippen LogP contribution in [-0.2, 0) is 0 Å². The Morgan fingerprint density at radius 3 is 2.65 bits per heavy atom. The first-order valence-electron chi connectivity index (χ1n) is 6.37. The van der Waals surface area contributed by atoms with Crippen LogP contribution in [-0.4, -0.2) is 40.1 Å². The van der Waals surface area contributed by atoms with Gasteiger partial charge >= 0.3 is 0 Å². The molecule has 0 bridgehead atoms. The highest BCUT2D eigenvalue weighted by molar-refractivity contribution is 5.95. The molecule has 1 amide bonds. The number of aliphatic hydroxyl groups is 1. The zero-order valence-electron chi connectivity index (χ0n) is 10.8. The van der Waals surface area contributed by atoms with Gasteiger partial charge in [-0.25, -0.2) is 0 Å². The lowest BCUT2D eigenvalue weighted by Crippen LogP contribution is -2.53. The van der Waals surface area contributed by atoms with Crippen LogP contribution >= 0.6 is 0 Å². The summed E-state index contributed by atoms with van der Waals surface area (Å²) >= 11 is 0. The Hall–Kier alpha value is -2.40. The monoisotopic (exact) mass is 270 g/mol. The molecular weight excluding hydrogens is 256 g/mol. The predicted octanol–water partition coefficient (Wildman–Crippen LogP) is 1.69. The molecule has 0 radical (unpaired) electrons. The number of ether oxygens (including phenoxy) is 1. The minimum atomic E-state index is -0.393. The molecule has 0 spiro atoms. The Balaban J connectivity index is 1.74. The molecule has 20 heavy (non-hydrogen) atoms. The molecule has 1 saturated heterocycles. The van der Waals surface area contributed by atoms with Crippen molar-refractivity contribution in [1.82, 2.24) is 9.88 Å². The van der Waals surface area contributed by atoms with Crippen molar-refractivity contribution in [3.05, 3.63) is 54.4 Å². The highest BCUT2D eigenvalue weighted by Gasteiger charge is 2.29. The highest BCUT2D eigenvalue weighted by atomic mass is 16.5. The fourth-order valence-electron chi connectivity index (χ4n) is 2.04. The summed E-state index contributed by atoms with van der Waals surface area (Å²) in [6, 6.07) is 10.5. The maximum atomic E-state index is 12.1. The minimum Gasteiger partial charge on any atom is -0.457 e. The van der Waals surface area contributed by atoms with Gasteiger partial charge in [0.05, 0.1) is 6.10 Å². The van der Waals surface area contributed by atoms with E-state index in [2.05, 4.69) is 4.98 Å². The van der Waals surface area contributed by atoms with Gasteiger partial charge in [0, 0.05) is 31.0 Å². The molecule has 5 heteroatoms. The van der Waals surface area contributed by atoms with Crippen molar-refractivity contribution in [2.75, 3.05) is 13.1 Å². The number of carbonyl (C=O) groups is 1. The fourth-order valence-corrected chi connectivity index (χ4v) is 2.04. The number of β-amino-alcohol motifs (C(OH)–C–C–N with tert-alkyl or cyclic N) is 1. The highest BCUT2D eigenvalue weighted by Crippen LogP contribution is 2.23. The molecular formula is C15H14N2O3. The molecule has 1 aromatic carbocycles. The smallest absolute Gasteiger partial charge is 0.254 e. The standard InChI is InChI=1S/C15H14N2O3/c18-12-9-17(10-12)15(19)11-2-1-3-14(8-11)20-13-4-6-16-7-5-13/h1-8,12,18H,9-10H2. The lowest BCUT2D eigenvalue weighted by molar-refractivity contribution is 0.00588. The van der Waals surface area contributed by atoms with Crippen LogP contribution in [0, 0.1) is 0 Å². The first-order valence-corrected chi connectivity index (χ1v) is 6.37. The molecule has 3 rings (SSSR count). The van der Waals surface area contributed by atoms with Crippen LogP contribution in [0.4, 0.5) is 0 Å². The van der Waals surface area contributed by atoms with Gasteiger partial charge < -0.3 is 14.7 Å². The second kappa shape index (κ2) is 5.30. The van der Waals surface area contributed by atoms with Crippen molar-refractivity contribution < 1.29 is 14.6 Å². The van der Waals surface area contributed by atoms with E-state index >= 15 is 0 Å². The molecule has 2 heterocycles. The fraction of sp³-hybridized carbons (Fsp3) is 0.200.